The van der Waals surface area contributed by atoms with Crippen molar-refractivity contribution in [2.45, 2.75) is 68.9 Å². The molecule has 0 heterocycles. The Morgan fingerprint density at radius 2 is 1.87 bits per heavy atom. The molecule has 3 unspecified atom stereocenters. The van der Waals surface area contributed by atoms with Crippen molar-refractivity contribution < 1.29 is 8.42 Å². The van der Waals surface area contributed by atoms with Crippen molar-refractivity contribution >= 4 is 9.84 Å². The summed E-state index contributed by atoms with van der Waals surface area (Å²) < 4.78 is 24.4. The Balaban J connectivity index is 2.83. The van der Waals surface area contributed by atoms with Crippen LogP contribution in [0.15, 0.2) is 0 Å². The minimum atomic E-state index is -3.01. The van der Waals surface area contributed by atoms with Crippen LogP contribution in [0.25, 0.3) is 0 Å². The zero-order valence-electron chi connectivity index (χ0n) is 9.78. The predicted octanol–water partition coefficient (Wildman–Crippen LogP) is 1.86. The van der Waals surface area contributed by atoms with E-state index in [0.717, 1.165) is 32.1 Å². The van der Waals surface area contributed by atoms with E-state index in [2.05, 4.69) is 0 Å². The average Bonchev–Trinajstić information content (AvgIpc) is 2.41. The molecule has 0 aliphatic heterocycles. The van der Waals surface area contributed by atoms with Gasteiger partial charge in [-0.25, -0.2) is 8.42 Å². The Kier molecular flexibility index (Phi) is 4.59. The average molecular weight is 233 g/mol. The first-order valence-corrected chi connectivity index (χ1v) is 7.59. The van der Waals surface area contributed by atoms with Crippen LogP contribution in [0.3, 0.4) is 0 Å². The Bertz CT molecular complexity index is 287. The van der Waals surface area contributed by atoms with E-state index in [9.17, 15) is 8.42 Å². The Morgan fingerprint density at radius 3 is 2.47 bits per heavy atom. The lowest BCUT2D eigenvalue weighted by Gasteiger charge is -2.24. The fourth-order valence-electron chi connectivity index (χ4n) is 2.24. The second-order valence-corrected chi connectivity index (χ2v) is 7.24. The molecule has 1 aliphatic rings. The molecule has 0 aromatic rings. The van der Waals surface area contributed by atoms with E-state index >= 15 is 0 Å². The van der Waals surface area contributed by atoms with Crippen molar-refractivity contribution in [3.63, 3.8) is 0 Å². The van der Waals surface area contributed by atoms with Gasteiger partial charge in [-0.15, -0.1) is 0 Å². The van der Waals surface area contributed by atoms with Crippen LogP contribution in [-0.4, -0.2) is 25.0 Å². The molecule has 0 saturated heterocycles. The van der Waals surface area contributed by atoms with E-state index in [1.165, 1.54) is 0 Å². The standard InChI is InChI=1S/C11H23NO2S/c1-3-9(2)15(13,14)11-8-6-4-5-7-10(11)12/h9-11H,3-8,12H2,1-2H3. The molecule has 0 aromatic heterocycles. The molecule has 2 N–H and O–H groups in total. The van der Waals surface area contributed by atoms with Crippen LogP contribution in [0.1, 0.15) is 52.4 Å². The van der Waals surface area contributed by atoms with Gasteiger partial charge in [0, 0.05) is 6.04 Å². The van der Waals surface area contributed by atoms with Gasteiger partial charge >= 0.3 is 0 Å². The summed E-state index contributed by atoms with van der Waals surface area (Å²) in [4.78, 5) is 0. The highest BCUT2D eigenvalue weighted by Gasteiger charge is 2.35. The fourth-order valence-corrected chi connectivity index (χ4v) is 4.42. The summed E-state index contributed by atoms with van der Waals surface area (Å²) in [6, 6.07) is -0.147. The number of hydrogen-bond donors (Lipinski definition) is 1. The lowest BCUT2D eigenvalue weighted by molar-refractivity contribution is 0.520. The number of hydrogen-bond acceptors (Lipinski definition) is 3. The highest BCUT2D eigenvalue weighted by Crippen LogP contribution is 2.25. The number of nitrogens with two attached hydrogens (primary N) is 1. The molecule has 0 bridgehead atoms. The molecule has 1 aliphatic carbocycles. The molecule has 90 valence electrons. The first kappa shape index (κ1) is 13.0. The second-order valence-electron chi connectivity index (χ2n) is 4.65. The summed E-state index contributed by atoms with van der Waals surface area (Å²) in [7, 11) is -3.01. The molecule has 1 saturated carbocycles. The molecule has 0 amide bonds. The summed E-state index contributed by atoms with van der Waals surface area (Å²) >= 11 is 0. The normalized spacial score (nSPS) is 30.9. The van der Waals surface area contributed by atoms with Gasteiger partial charge in [-0.1, -0.05) is 26.2 Å². The molecule has 1 fully saturated rings. The third-order valence-electron chi connectivity index (χ3n) is 3.56. The largest absolute Gasteiger partial charge is 0.327 e. The lowest BCUT2D eigenvalue weighted by Crippen LogP contribution is -2.43. The molecule has 0 radical (unpaired) electrons. The van der Waals surface area contributed by atoms with Crippen LogP contribution in [0.5, 0.6) is 0 Å². The van der Waals surface area contributed by atoms with E-state index in [-0.39, 0.29) is 16.5 Å². The summed E-state index contributed by atoms with van der Waals surface area (Å²) in [5.41, 5.74) is 5.98. The van der Waals surface area contributed by atoms with Gasteiger partial charge in [-0.2, -0.15) is 0 Å². The second kappa shape index (κ2) is 5.30. The van der Waals surface area contributed by atoms with Gasteiger partial charge in [0.05, 0.1) is 10.5 Å². The van der Waals surface area contributed by atoms with Crippen molar-refractivity contribution in [2.75, 3.05) is 0 Å². The van der Waals surface area contributed by atoms with Crippen molar-refractivity contribution in [3.8, 4) is 0 Å². The SMILES string of the molecule is CCC(C)S(=O)(=O)C1CCCCCC1N. The Morgan fingerprint density at radius 1 is 1.27 bits per heavy atom. The van der Waals surface area contributed by atoms with Gasteiger partial charge in [0.15, 0.2) is 9.84 Å². The van der Waals surface area contributed by atoms with Gasteiger partial charge in [-0.3, -0.25) is 0 Å². The monoisotopic (exact) mass is 233 g/mol. The Labute approximate surface area is 93.3 Å². The van der Waals surface area contributed by atoms with Crippen LogP contribution in [0, 0.1) is 0 Å². The van der Waals surface area contributed by atoms with Crippen LogP contribution in [0.4, 0.5) is 0 Å². The minimum absolute atomic E-state index is 0.147. The van der Waals surface area contributed by atoms with Crippen LogP contribution < -0.4 is 5.73 Å². The maximum absolute atomic E-state index is 12.2. The zero-order valence-corrected chi connectivity index (χ0v) is 10.6. The zero-order chi connectivity index (χ0) is 11.5. The maximum Gasteiger partial charge on any atom is 0.157 e. The van der Waals surface area contributed by atoms with E-state index in [0.29, 0.717) is 6.42 Å². The van der Waals surface area contributed by atoms with Crippen molar-refractivity contribution in [3.05, 3.63) is 0 Å². The van der Waals surface area contributed by atoms with Crippen molar-refractivity contribution in [1.29, 1.82) is 0 Å². The van der Waals surface area contributed by atoms with Gasteiger partial charge in [-0.05, 0) is 26.2 Å². The van der Waals surface area contributed by atoms with E-state index in [4.69, 9.17) is 5.73 Å². The Hall–Kier alpha value is -0.0900. The highest BCUT2D eigenvalue weighted by molar-refractivity contribution is 7.92. The number of rotatable bonds is 3. The van der Waals surface area contributed by atoms with Crippen molar-refractivity contribution in [2.24, 2.45) is 5.73 Å². The molecule has 0 spiro atoms. The first-order chi connectivity index (χ1) is 7.00. The summed E-state index contributed by atoms with van der Waals surface area (Å²) in [5, 5.41) is -0.540. The maximum atomic E-state index is 12.2. The van der Waals surface area contributed by atoms with Crippen LogP contribution >= 0.6 is 0 Å². The highest BCUT2D eigenvalue weighted by atomic mass is 32.2. The summed E-state index contributed by atoms with van der Waals surface area (Å²) in [6.07, 6.45) is 5.52. The molecule has 1 rings (SSSR count). The minimum Gasteiger partial charge on any atom is -0.327 e. The van der Waals surface area contributed by atoms with E-state index in [1.807, 2.05) is 6.92 Å². The topological polar surface area (TPSA) is 60.2 Å². The fraction of sp³-hybridized carbons (Fsp3) is 1.00. The predicted molar refractivity (Wildman–Crippen MR) is 63.5 cm³/mol. The molecular formula is C11H23NO2S. The third-order valence-corrected chi connectivity index (χ3v) is 6.45. The first-order valence-electron chi connectivity index (χ1n) is 5.98. The quantitative estimate of drug-likeness (QED) is 0.757. The van der Waals surface area contributed by atoms with Crippen molar-refractivity contribution in [1.82, 2.24) is 0 Å². The van der Waals surface area contributed by atoms with Gasteiger partial charge in [0.25, 0.3) is 0 Å². The smallest absolute Gasteiger partial charge is 0.157 e. The lowest BCUT2D eigenvalue weighted by atomic mass is 10.1. The molecule has 4 heteroatoms. The van der Waals surface area contributed by atoms with E-state index in [1.54, 1.807) is 6.92 Å². The van der Waals surface area contributed by atoms with Crippen LogP contribution in [0.2, 0.25) is 0 Å². The molecule has 3 nitrogen and oxygen atoms in total. The summed E-state index contributed by atoms with van der Waals surface area (Å²) in [5.74, 6) is 0. The van der Waals surface area contributed by atoms with Crippen LogP contribution in [-0.2, 0) is 9.84 Å². The molecule has 15 heavy (non-hydrogen) atoms. The molecular weight excluding hydrogens is 210 g/mol. The molecule has 0 aromatic carbocycles. The molecule has 3 atom stereocenters. The van der Waals surface area contributed by atoms with E-state index < -0.39 is 9.84 Å². The third kappa shape index (κ3) is 2.94. The van der Waals surface area contributed by atoms with Gasteiger partial charge in [0.2, 0.25) is 0 Å². The van der Waals surface area contributed by atoms with Gasteiger partial charge < -0.3 is 5.73 Å². The van der Waals surface area contributed by atoms with Gasteiger partial charge in [0.1, 0.15) is 0 Å². The number of sulfone groups is 1. The summed E-state index contributed by atoms with van der Waals surface area (Å²) in [6.45, 7) is 3.72.